The van der Waals surface area contributed by atoms with Gasteiger partial charge >= 0.3 is 0 Å². The van der Waals surface area contributed by atoms with Gasteiger partial charge in [-0.15, -0.1) is 0 Å². The molecule has 0 fully saturated rings. The molecule has 2 aliphatic rings. The van der Waals surface area contributed by atoms with Crippen LogP contribution in [0.2, 0.25) is 0 Å². The molecule has 1 heterocycles. The standard InChI is InChI=1S/C27H30N2O4S/c1-3-18-29(19-4-2)34(31,32)21-11-9-10-20(16-17-21)28-27(30)26-22-12-5-7-14-24(22)33-25-15-8-6-13-23(25)26/h5-17,20,26H,3-4,18-19H2,1-2H3,(H,28,30). The Kier molecular flexibility index (Phi) is 7.34. The minimum atomic E-state index is -3.60. The van der Waals surface area contributed by atoms with Crippen molar-refractivity contribution >= 4 is 15.9 Å². The molecule has 0 radical (unpaired) electrons. The number of ether oxygens (including phenoxy) is 1. The average Bonchev–Trinajstić information content (AvgIpc) is 3.08. The van der Waals surface area contributed by atoms with Gasteiger partial charge in [-0.1, -0.05) is 68.5 Å². The number of sulfonamides is 1. The number of fused-ring (bicyclic) bond motifs is 2. The molecule has 0 saturated carbocycles. The van der Waals surface area contributed by atoms with Crippen LogP contribution in [0.3, 0.4) is 0 Å². The zero-order valence-electron chi connectivity index (χ0n) is 19.5. The van der Waals surface area contributed by atoms with Crippen LogP contribution in [0, 0.1) is 0 Å². The van der Waals surface area contributed by atoms with Crippen LogP contribution in [0.15, 0.2) is 83.8 Å². The van der Waals surface area contributed by atoms with E-state index in [1.807, 2.05) is 62.4 Å². The zero-order chi connectivity index (χ0) is 24.1. The summed E-state index contributed by atoms with van der Waals surface area (Å²) in [6.07, 6.45) is 9.88. The first-order valence-electron chi connectivity index (χ1n) is 11.7. The van der Waals surface area contributed by atoms with Crippen molar-refractivity contribution < 1.29 is 17.9 Å². The number of nitrogens with zero attached hydrogens (tertiary/aromatic N) is 1. The molecule has 1 atom stereocenters. The molecule has 4 rings (SSSR count). The van der Waals surface area contributed by atoms with Gasteiger partial charge in [0, 0.05) is 24.2 Å². The van der Waals surface area contributed by atoms with E-state index in [4.69, 9.17) is 4.74 Å². The highest BCUT2D eigenvalue weighted by molar-refractivity contribution is 7.93. The highest BCUT2D eigenvalue weighted by Crippen LogP contribution is 2.43. The molecule has 1 aliphatic carbocycles. The van der Waals surface area contributed by atoms with Gasteiger partial charge in [0.2, 0.25) is 15.9 Å². The van der Waals surface area contributed by atoms with Gasteiger partial charge in [-0.2, -0.15) is 4.31 Å². The predicted octanol–water partition coefficient (Wildman–Crippen LogP) is 4.87. The van der Waals surface area contributed by atoms with E-state index < -0.39 is 22.0 Å². The fourth-order valence-electron chi connectivity index (χ4n) is 4.30. The highest BCUT2D eigenvalue weighted by atomic mass is 32.2. The molecule has 0 bridgehead atoms. The molecule has 1 aliphatic heterocycles. The summed E-state index contributed by atoms with van der Waals surface area (Å²) in [6.45, 7) is 4.89. The van der Waals surface area contributed by atoms with Crippen LogP contribution in [0.4, 0.5) is 0 Å². The molecule has 0 spiro atoms. The summed E-state index contributed by atoms with van der Waals surface area (Å²) in [5, 5.41) is 3.05. The Morgan fingerprint density at radius 3 is 2.12 bits per heavy atom. The Morgan fingerprint density at radius 2 is 1.53 bits per heavy atom. The third-order valence-electron chi connectivity index (χ3n) is 5.88. The van der Waals surface area contributed by atoms with E-state index in [2.05, 4.69) is 5.32 Å². The number of carbonyl (C=O) groups excluding carboxylic acids is 1. The third-order valence-corrected chi connectivity index (χ3v) is 7.79. The Hall–Kier alpha value is -3.16. The van der Waals surface area contributed by atoms with Crippen molar-refractivity contribution in [3.05, 3.63) is 94.9 Å². The number of carbonyl (C=O) groups is 1. The second-order valence-electron chi connectivity index (χ2n) is 8.36. The first-order valence-corrected chi connectivity index (χ1v) is 13.1. The number of nitrogens with one attached hydrogen (secondary N) is 1. The smallest absolute Gasteiger partial charge is 0.243 e. The summed E-state index contributed by atoms with van der Waals surface area (Å²) < 4.78 is 33.8. The SMILES string of the molecule is CCCN(CCC)S(=O)(=O)C1=CC=CC(NC(=O)C2c3ccccc3Oc3ccccc32)C=C1. The van der Waals surface area contributed by atoms with Crippen molar-refractivity contribution in [2.75, 3.05) is 13.1 Å². The summed E-state index contributed by atoms with van der Waals surface area (Å²) in [4.78, 5) is 13.7. The van der Waals surface area contributed by atoms with Gasteiger partial charge in [0.25, 0.3) is 0 Å². The number of para-hydroxylation sites is 2. The number of allylic oxidation sites excluding steroid dienone is 3. The normalized spacial score (nSPS) is 17.4. The maximum absolute atomic E-state index is 13.5. The minimum Gasteiger partial charge on any atom is -0.457 e. The highest BCUT2D eigenvalue weighted by Gasteiger charge is 2.33. The van der Waals surface area contributed by atoms with E-state index in [0.29, 0.717) is 24.6 Å². The number of hydrogen-bond acceptors (Lipinski definition) is 4. The Bertz CT molecular complexity index is 1200. The van der Waals surface area contributed by atoms with Crippen LogP contribution >= 0.6 is 0 Å². The van der Waals surface area contributed by atoms with Gasteiger partial charge in [0.15, 0.2) is 0 Å². The molecular formula is C27H30N2O4S. The summed E-state index contributed by atoms with van der Waals surface area (Å²) in [6, 6.07) is 14.6. The van der Waals surface area contributed by atoms with E-state index >= 15 is 0 Å². The van der Waals surface area contributed by atoms with Gasteiger partial charge < -0.3 is 10.1 Å². The first kappa shape index (κ1) is 24.0. The Labute approximate surface area is 201 Å². The van der Waals surface area contributed by atoms with Gasteiger partial charge in [-0.05, 0) is 37.1 Å². The maximum atomic E-state index is 13.5. The quantitative estimate of drug-likeness (QED) is 0.587. The van der Waals surface area contributed by atoms with Crippen LogP contribution in [0.1, 0.15) is 43.7 Å². The molecule has 2 aromatic carbocycles. The lowest BCUT2D eigenvalue weighted by molar-refractivity contribution is -0.122. The predicted molar refractivity (Wildman–Crippen MR) is 134 cm³/mol. The first-order chi connectivity index (χ1) is 16.5. The number of rotatable bonds is 8. The van der Waals surface area contributed by atoms with E-state index in [-0.39, 0.29) is 10.8 Å². The topological polar surface area (TPSA) is 75.7 Å². The third kappa shape index (κ3) is 4.86. The fourth-order valence-corrected chi connectivity index (χ4v) is 5.94. The Balaban J connectivity index is 1.55. The number of hydrogen-bond donors (Lipinski definition) is 1. The van der Waals surface area contributed by atoms with Crippen LogP contribution in [0.25, 0.3) is 0 Å². The molecule has 1 unspecified atom stereocenters. The molecule has 0 saturated heterocycles. The number of amides is 1. The van der Waals surface area contributed by atoms with Crippen LogP contribution in [-0.4, -0.2) is 37.8 Å². The van der Waals surface area contributed by atoms with Gasteiger partial charge in [-0.25, -0.2) is 8.42 Å². The van der Waals surface area contributed by atoms with Gasteiger partial charge in [0.1, 0.15) is 11.5 Å². The van der Waals surface area contributed by atoms with E-state index in [9.17, 15) is 13.2 Å². The largest absolute Gasteiger partial charge is 0.457 e. The van der Waals surface area contributed by atoms with Crippen molar-refractivity contribution in [2.45, 2.75) is 38.6 Å². The van der Waals surface area contributed by atoms with Crippen molar-refractivity contribution in [3.8, 4) is 11.5 Å². The lowest BCUT2D eigenvalue weighted by atomic mass is 9.87. The van der Waals surface area contributed by atoms with Crippen LogP contribution in [-0.2, 0) is 14.8 Å². The Morgan fingerprint density at radius 1 is 0.941 bits per heavy atom. The second kappa shape index (κ2) is 10.4. The van der Waals surface area contributed by atoms with Crippen molar-refractivity contribution in [1.82, 2.24) is 9.62 Å². The summed E-state index contributed by atoms with van der Waals surface area (Å²) in [5.41, 5.74) is 1.60. The van der Waals surface area contributed by atoms with Crippen molar-refractivity contribution in [2.24, 2.45) is 0 Å². The van der Waals surface area contributed by atoms with Gasteiger partial charge in [-0.3, -0.25) is 4.79 Å². The van der Waals surface area contributed by atoms with E-state index in [1.54, 1.807) is 30.4 Å². The summed E-state index contributed by atoms with van der Waals surface area (Å²) in [7, 11) is -3.60. The monoisotopic (exact) mass is 478 g/mol. The summed E-state index contributed by atoms with van der Waals surface area (Å²) >= 11 is 0. The molecule has 1 N–H and O–H groups in total. The fraction of sp³-hybridized carbons (Fsp3) is 0.296. The van der Waals surface area contributed by atoms with Crippen LogP contribution < -0.4 is 10.1 Å². The van der Waals surface area contributed by atoms with Gasteiger partial charge in [0.05, 0.1) is 16.9 Å². The molecule has 178 valence electrons. The van der Waals surface area contributed by atoms with E-state index in [0.717, 1.165) is 24.0 Å². The number of benzene rings is 2. The molecule has 0 aromatic heterocycles. The lowest BCUT2D eigenvalue weighted by Crippen LogP contribution is -2.37. The van der Waals surface area contributed by atoms with E-state index in [1.165, 1.54) is 4.31 Å². The molecule has 2 aromatic rings. The molecule has 7 heteroatoms. The molecule has 34 heavy (non-hydrogen) atoms. The molecule has 6 nitrogen and oxygen atoms in total. The zero-order valence-corrected chi connectivity index (χ0v) is 20.3. The average molecular weight is 479 g/mol. The molecular weight excluding hydrogens is 448 g/mol. The van der Waals surface area contributed by atoms with Crippen molar-refractivity contribution in [3.63, 3.8) is 0 Å². The maximum Gasteiger partial charge on any atom is 0.243 e. The summed E-state index contributed by atoms with van der Waals surface area (Å²) in [5.74, 6) is 0.630. The second-order valence-corrected chi connectivity index (χ2v) is 10.3. The van der Waals surface area contributed by atoms with Crippen LogP contribution in [0.5, 0.6) is 11.5 Å². The molecule has 1 amide bonds. The van der Waals surface area contributed by atoms with Crippen molar-refractivity contribution in [1.29, 1.82) is 0 Å². The minimum absolute atomic E-state index is 0.174. The lowest BCUT2D eigenvalue weighted by Gasteiger charge is -2.28.